The third-order valence-electron chi connectivity index (χ3n) is 2.25. The molecule has 0 unspecified atom stereocenters. The summed E-state index contributed by atoms with van der Waals surface area (Å²) in [6.07, 6.45) is 0. The molecule has 0 aliphatic carbocycles. The summed E-state index contributed by atoms with van der Waals surface area (Å²) in [5.74, 6) is 0. The van der Waals surface area contributed by atoms with Crippen LogP contribution in [-0.2, 0) is 17.1 Å². The fourth-order valence-electron chi connectivity index (χ4n) is 3.38. The van der Waals surface area contributed by atoms with Crippen molar-refractivity contribution in [2.75, 3.05) is 0 Å². The molecule has 0 saturated carbocycles. The summed E-state index contributed by atoms with van der Waals surface area (Å²) in [4.78, 5) is 0. The Bertz CT molecular complexity index is 139. The van der Waals surface area contributed by atoms with Crippen LogP contribution in [0.25, 0.3) is 0 Å². The van der Waals surface area contributed by atoms with Crippen LogP contribution in [-0.4, -0.2) is 30.1 Å². The molecule has 0 heterocycles. The van der Waals surface area contributed by atoms with Crippen molar-refractivity contribution in [3.8, 4) is 0 Å². The molecule has 0 spiro atoms. The van der Waals surface area contributed by atoms with Crippen LogP contribution in [0.2, 0.25) is 58.9 Å². The van der Waals surface area contributed by atoms with Crippen molar-refractivity contribution in [2.24, 2.45) is 0 Å². The third kappa shape index (κ3) is 5.47. The maximum absolute atomic E-state index is 2.61. The zero-order valence-corrected chi connectivity index (χ0v) is 16.2. The van der Waals surface area contributed by atoms with E-state index in [4.69, 9.17) is 0 Å². The number of hydrogen-bond acceptors (Lipinski definition) is 0. The van der Waals surface area contributed by atoms with Gasteiger partial charge < -0.3 is 0 Å². The molecule has 5 heteroatoms. The Kier molecular flexibility index (Phi) is 6.53. The molecule has 0 bridgehead atoms. The van der Waals surface area contributed by atoms with Gasteiger partial charge in [0.15, 0.2) is 0 Å². The summed E-state index contributed by atoms with van der Waals surface area (Å²) in [6.45, 7) is 23.5. The van der Waals surface area contributed by atoms with Gasteiger partial charge in [-0.1, -0.05) is 58.9 Å². The van der Waals surface area contributed by atoms with Crippen molar-refractivity contribution < 1.29 is 17.1 Å². The van der Waals surface area contributed by atoms with Crippen LogP contribution < -0.4 is 0 Å². The number of rotatable bonds is 3. The predicted octanol–water partition coefficient (Wildman–Crippen LogP) is 3.73. The standard InChI is InChI=1S/C9H27Si4.Cu/c1-11(2,3)10(12(4,5)6)13(7,8)9;/h1-9H3;. The Morgan fingerprint density at radius 3 is 0.643 bits per heavy atom. The maximum Gasteiger partial charge on any atom is 0.0306 e. The van der Waals surface area contributed by atoms with E-state index in [0.717, 1.165) is 0 Å². The zero-order chi connectivity index (χ0) is 11.1. The van der Waals surface area contributed by atoms with Crippen molar-refractivity contribution >= 4 is 30.1 Å². The van der Waals surface area contributed by atoms with Crippen LogP contribution in [0.15, 0.2) is 0 Å². The first-order valence-corrected chi connectivity index (χ1v) is 20.2. The topological polar surface area (TPSA) is 0 Å². The second-order valence-corrected chi connectivity index (χ2v) is 43.9. The maximum atomic E-state index is 2.61. The first-order valence-electron chi connectivity index (χ1n) is 5.25. The summed E-state index contributed by atoms with van der Waals surface area (Å²) >= 11 is 0. The molecule has 90 valence electrons. The van der Waals surface area contributed by atoms with Gasteiger partial charge in [-0.05, 0) is 0 Å². The molecule has 0 saturated heterocycles. The second-order valence-electron chi connectivity index (χ2n) is 7.12. The van der Waals surface area contributed by atoms with Gasteiger partial charge >= 0.3 is 0 Å². The molecule has 0 fully saturated rings. The molecule has 0 aromatic heterocycles. The SMILES string of the molecule is C[Si](C)(C)[Si]([Si](C)(C)C)[Si](C)(C)C.[Cu]. The molecule has 0 aliphatic heterocycles. The summed E-state index contributed by atoms with van der Waals surface area (Å²) in [5, 5.41) is 0. The molecule has 0 aliphatic rings. The summed E-state index contributed by atoms with van der Waals surface area (Å²) in [5.41, 5.74) is 0. The van der Waals surface area contributed by atoms with Crippen LogP contribution in [0.5, 0.6) is 0 Å². The number of hydrogen-bond donors (Lipinski definition) is 0. The Morgan fingerprint density at radius 2 is 0.643 bits per heavy atom. The van der Waals surface area contributed by atoms with Gasteiger partial charge in [0.25, 0.3) is 0 Å². The van der Waals surface area contributed by atoms with E-state index < -0.39 is 22.8 Å². The molecule has 2 radical (unpaired) electrons. The van der Waals surface area contributed by atoms with Crippen molar-refractivity contribution in [3.05, 3.63) is 0 Å². The van der Waals surface area contributed by atoms with Gasteiger partial charge in [0.05, 0.1) is 0 Å². The quantitative estimate of drug-likeness (QED) is 0.697. The zero-order valence-electron chi connectivity index (χ0n) is 11.3. The molecule has 0 N–H and O–H groups in total. The molecular formula is C9H27CuSi4. The van der Waals surface area contributed by atoms with Gasteiger partial charge in [0.1, 0.15) is 0 Å². The van der Waals surface area contributed by atoms with Crippen LogP contribution in [0.3, 0.4) is 0 Å². The minimum absolute atomic E-state index is 0. The summed E-state index contributed by atoms with van der Waals surface area (Å²) < 4.78 is 0. The van der Waals surface area contributed by atoms with E-state index in [-0.39, 0.29) is 24.4 Å². The Labute approximate surface area is 106 Å². The van der Waals surface area contributed by atoms with E-state index in [1.807, 2.05) is 0 Å². The van der Waals surface area contributed by atoms with Crippen molar-refractivity contribution in [3.63, 3.8) is 0 Å². The molecule has 0 rings (SSSR count). The van der Waals surface area contributed by atoms with Crippen LogP contribution in [0.1, 0.15) is 0 Å². The second kappa shape index (κ2) is 5.14. The molecular weight excluding hydrogens is 284 g/mol. The molecule has 14 heavy (non-hydrogen) atoms. The predicted molar refractivity (Wildman–Crippen MR) is 75.8 cm³/mol. The molecule has 0 amide bonds. The normalized spacial score (nSPS) is 14.1. The van der Waals surface area contributed by atoms with Gasteiger partial charge in [-0.2, -0.15) is 0 Å². The van der Waals surface area contributed by atoms with Crippen molar-refractivity contribution in [1.29, 1.82) is 0 Å². The monoisotopic (exact) mass is 310 g/mol. The smallest absolute Gasteiger partial charge is 0.0306 e. The van der Waals surface area contributed by atoms with E-state index in [0.29, 0.717) is 0 Å². The van der Waals surface area contributed by atoms with E-state index in [9.17, 15) is 0 Å². The largest absolute Gasteiger partial charge is 0.0721 e. The molecule has 0 aromatic carbocycles. The van der Waals surface area contributed by atoms with Gasteiger partial charge in [0.2, 0.25) is 0 Å². The van der Waals surface area contributed by atoms with Gasteiger partial charge in [-0.3, -0.25) is 0 Å². The Morgan fingerprint density at radius 1 is 0.500 bits per heavy atom. The van der Waals surface area contributed by atoms with Crippen molar-refractivity contribution in [2.45, 2.75) is 58.9 Å². The van der Waals surface area contributed by atoms with E-state index in [2.05, 4.69) is 58.9 Å². The van der Waals surface area contributed by atoms with Crippen LogP contribution in [0.4, 0.5) is 0 Å². The van der Waals surface area contributed by atoms with E-state index >= 15 is 0 Å². The van der Waals surface area contributed by atoms with Gasteiger partial charge in [-0.25, -0.2) is 0 Å². The molecule has 0 nitrogen and oxygen atoms in total. The first-order chi connectivity index (χ1) is 5.37. The fourth-order valence-corrected chi connectivity index (χ4v) is 91.1. The minimum Gasteiger partial charge on any atom is -0.0721 e. The minimum atomic E-state index is -0.832. The fraction of sp³-hybridized carbons (Fsp3) is 1.00. The average Bonchev–Trinajstić information content (AvgIpc) is 1.44. The Hall–Kier alpha value is 1.39. The van der Waals surface area contributed by atoms with Gasteiger partial charge in [-0.15, -0.1) is 0 Å². The average molecular weight is 311 g/mol. The third-order valence-corrected chi connectivity index (χ3v) is 60.8. The van der Waals surface area contributed by atoms with E-state index in [1.165, 1.54) is 0 Å². The van der Waals surface area contributed by atoms with Crippen LogP contribution in [0, 0.1) is 0 Å². The van der Waals surface area contributed by atoms with Gasteiger partial charge in [0, 0.05) is 47.2 Å². The Balaban J connectivity index is 0. The molecule has 0 aromatic rings. The molecule has 0 atom stereocenters. The summed E-state index contributed by atoms with van der Waals surface area (Å²) in [6, 6.07) is 0. The van der Waals surface area contributed by atoms with Crippen molar-refractivity contribution in [1.82, 2.24) is 0 Å². The summed E-state index contributed by atoms with van der Waals surface area (Å²) in [7, 11) is -2.47. The van der Waals surface area contributed by atoms with E-state index in [1.54, 1.807) is 0 Å². The first kappa shape index (κ1) is 17.8. The van der Waals surface area contributed by atoms with Crippen LogP contribution >= 0.6 is 0 Å².